The lowest BCUT2D eigenvalue weighted by Gasteiger charge is -2.33. The number of carbonyl (C=O) groups excluding carboxylic acids is 2. The Morgan fingerprint density at radius 3 is 2.27 bits per heavy atom. The normalized spacial score (nSPS) is 12.2. The van der Waals surface area contributed by atoms with Gasteiger partial charge in [0.1, 0.15) is 18.4 Å². The fourth-order valence-corrected chi connectivity index (χ4v) is 4.60. The lowest BCUT2D eigenvalue weighted by Crippen LogP contribution is -2.52. The summed E-state index contributed by atoms with van der Waals surface area (Å²) < 4.78 is 39.7. The van der Waals surface area contributed by atoms with Gasteiger partial charge in [-0.05, 0) is 42.5 Å². The van der Waals surface area contributed by atoms with Crippen molar-refractivity contribution in [2.75, 3.05) is 23.7 Å². The van der Waals surface area contributed by atoms with Gasteiger partial charge in [0.25, 0.3) is 5.69 Å². The highest BCUT2D eigenvalue weighted by molar-refractivity contribution is 7.92. The molecule has 0 unspecified atom stereocenters. The third kappa shape index (κ3) is 8.24. The molecule has 0 aliphatic rings. The zero-order chi connectivity index (χ0) is 27.9. The quantitative estimate of drug-likeness (QED) is 0.327. The van der Waals surface area contributed by atoms with E-state index in [1.807, 2.05) is 13.8 Å². The largest absolute Gasteiger partial charge is 0.354 e. The molecule has 0 bridgehead atoms. The summed E-state index contributed by atoms with van der Waals surface area (Å²) in [4.78, 5) is 38.6. The first-order valence-corrected chi connectivity index (χ1v) is 13.6. The van der Waals surface area contributed by atoms with E-state index in [2.05, 4.69) is 5.32 Å². The first-order valence-electron chi connectivity index (χ1n) is 11.8. The summed E-state index contributed by atoms with van der Waals surface area (Å²) >= 11 is 0. The molecule has 0 fully saturated rings. The van der Waals surface area contributed by atoms with Gasteiger partial charge in [-0.15, -0.1) is 0 Å². The van der Waals surface area contributed by atoms with Gasteiger partial charge in [-0.3, -0.25) is 24.0 Å². The number of nitro groups is 1. The molecular formula is C25H33FN4O6S. The van der Waals surface area contributed by atoms with Gasteiger partial charge >= 0.3 is 0 Å². The summed E-state index contributed by atoms with van der Waals surface area (Å²) in [6.07, 6.45) is 1.14. The minimum absolute atomic E-state index is 0.0101. The van der Waals surface area contributed by atoms with Crippen LogP contribution in [0.15, 0.2) is 42.5 Å². The zero-order valence-corrected chi connectivity index (χ0v) is 22.4. The van der Waals surface area contributed by atoms with Gasteiger partial charge in [0.05, 0.1) is 16.9 Å². The maximum absolute atomic E-state index is 13.6. The molecule has 12 heteroatoms. The topological polar surface area (TPSA) is 130 Å². The molecule has 1 N–H and O–H groups in total. The molecule has 0 spiro atoms. The van der Waals surface area contributed by atoms with E-state index in [9.17, 15) is 32.5 Å². The van der Waals surface area contributed by atoms with Crippen molar-refractivity contribution in [2.24, 2.45) is 5.92 Å². The Bertz CT molecular complexity index is 1230. The lowest BCUT2D eigenvalue weighted by atomic mass is 10.1. The number of halogens is 1. The maximum Gasteiger partial charge on any atom is 0.271 e. The molecule has 0 heterocycles. The number of aryl methyl sites for hydroxylation is 1. The van der Waals surface area contributed by atoms with E-state index in [1.54, 1.807) is 13.8 Å². The summed E-state index contributed by atoms with van der Waals surface area (Å²) in [5.74, 6) is -1.38. The summed E-state index contributed by atoms with van der Waals surface area (Å²) in [5.41, 5.74) is 0.617. The number of benzene rings is 2. The second-order valence-electron chi connectivity index (χ2n) is 9.21. The molecule has 0 radical (unpaired) electrons. The molecule has 0 saturated heterocycles. The Morgan fingerprint density at radius 2 is 1.76 bits per heavy atom. The Kier molecular flexibility index (Phi) is 10.1. The number of non-ortho nitro benzene ring substituents is 1. The number of sulfonamides is 1. The van der Waals surface area contributed by atoms with Crippen LogP contribution < -0.4 is 9.62 Å². The van der Waals surface area contributed by atoms with Crippen molar-refractivity contribution in [1.82, 2.24) is 10.2 Å². The van der Waals surface area contributed by atoms with Crippen molar-refractivity contribution in [3.05, 3.63) is 69.5 Å². The van der Waals surface area contributed by atoms with Crippen LogP contribution in [0.2, 0.25) is 0 Å². The number of nitrogens with zero attached hydrogens (tertiary/aromatic N) is 3. The summed E-state index contributed by atoms with van der Waals surface area (Å²) in [5, 5.41) is 14.1. The van der Waals surface area contributed by atoms with Crippen molar-refractivity contribution in [2.45, 2.75) is 46.7 Å². The van der Waals surface area contributed by atoms with E-state index in [0.717, 1.165) is 16.6 Å². The van der Waals surface area contributed by atoms with Crippen LogP contribution in [0.5, 0.6) is 0 Å². The van der Waals surface area contributed by atoms with Crippen LogP contribution in [0.1, 0.15) is 38.3 Å². The van der Waals surface area contributed by atoms with Gasteiger partial charge in [0.2, 0.25) is 21.8 Å². The van der Waals surface area contributed by atoms with Gasteiger partial charge in [0, 0.05) is 25.2 Å². The fourth-order valence-electron chi connectivity index (χ4n) is 3.70. The number of anilines is 1. The van der Waals surface area contributed by atoms with Crippen LogP contribution in [0, 0.1) is 28.8 Å². The molecule has 0 aliphatic heterocycles. The Morgan fingerprint density at radius 1 is 1.14 bits per heavy atom. The molecule has 0 aliphatic carbocycles. The molecule has 2 aromatic rings. The summed E-state index contributed by atoms with van der Waals surface area (Å²) in [6.45, 7) is 6.78. The third-order valence-corrected chi connectivity index (χ3v) is 6.81. The highest BCUT2D eigenvalue weighted by atomic mass is 32.2. The van der Waals surface area contributed by atoms with Gasteiger partial charge in [-0.25, -0.2) is 12.8 Å². The fraction of sp³-hybridized carbons (Fsp3) is 0.440. The molecule has 202 valence electrons. The Balaban J connectivity index is 2.50. The SMILES string of the molecule is CC[C@@H](C(=O)NCC(C)C)N(Cc1ccc(F)cc1)C(=O)CN(c1cc([N+](=O)[O-])ccc1C)S(C)(=O)=O. The first kappa shape index (κ1) is 29.7. The van der Waals surface area contributed by atoms with Crippen LogP contribution in [0.3, 0.4) is 0 Å². The number of nitrogens with one attached hydrogen (secondary N) is 1. The molecular weight excluding hydrogens is 503 g/mol. The molecule has 2 rings (SSSR count). The van der Waals surface area contributed by atoms with Gasteiger partial charge < -0.3 is 10.2 Å². The number of hydrogen-bond donors (Lipinski definition) is 1. The van der Waals surface area contributed by atoms with Crippen LogP contribution in [0.25, 0.3) is 0 Å². The van der Waals surface area contributed by atoms with E-state index in [0.29, 0.717) is 17.7 Å². The van der Waals surface area contributed by atoms with Crippen LogP contribution in [-0.4, -0.2) is 55.4 Å². The number of rotatable bonds is 12. The van der Waals surface area contributed by atoms with Gasteiger partial charge in [-0.2, -0.15) is 0 Å². The first-order chi connectivity index (χ1) is 17.2. The van der Waals surface area contributed by atoms with Crippen LogP contribution in [-0.2, 0) is 26.2 Å². The molecule has 10 nitrogen and oxygen atoms in total. The van der Waals surface area contributed by atoms with E-state index in [-0.39, 0.29) is 30.3 Å². The molecule has 37 heavy (non-hydrogen) atoms. The van der Waals surface area contributed by atoms with Gasteiger partial charge in [0.15, 0.2) is 0 Å². The standard InChI is InChI=1S/C25H33FN4O6S/c1-6-22(25(32)27-14-17(2)3)28(15-19-8-10-20(26)11-9-19)24(31)16-29(37(5,35)36)23-13-21(30(33)34)12-7-18(23)4/h7-13,17,22H,6,14-16H2,1-5H3,(H,27,32)/t22-/m0/s1. The van der Waals surface area contributed by atoms with Crippen molar-refractivity contribution < 1.29 is 27.3 Å². The molecule has 2 amide bonds. The Labute approximate surface area is 216 Å². The predicted octanol–water partition coefficient (Wildman–Crippen LogP) is 3.39. The molecule has 0 aromatic heterocycles. The van der Waals surface area contributed by atoms with E-state index < -0.39 is 45.2 Å². The smallest absolute Gasteiger partial charge is 0.271 e. The van der Waals surface area contributed by atoms with Crippen molar-refractivity contribution in [1.29, 1.82) is 0 Å². The average Bonchev–Trinajstić information content (AvgIpc) is 2.81. The Hall–Kier alpha value is -3.54. The zero-order valence-electron chi connectivity index (χ0n) is 21.6. The monoisotopic (exact) mass is 536 g/mol. The lowest BCUT2D eigenvalue weighted by molar-refractivity contribution is -0.384. The summed E-state index contributed by atoms with van der Waals surface area (Å²) in [7, 11) is -4.05. The van der Waals surface area contributed by atoms with Crippen molar-refractivity contribution in [3.63, 3.8) is 0 Å². The highest BCUT2D eigenvalue weighted by Gasteiger charge is 2.32. The number of carbonyl (C=O) groups is 2. The molecule has 0 saturated carbocycles. The van der Waals surface area contributed by atoms with E-state index in [4.69, 9.17) is 0 Å². The number of amides is 2. The highest BCUT2D eigenvalue weighted by Crippen LogP contribution is 2.28. The van der Waals surface area contributed by atoms with E-state index in [1.165, 1.54) is 41.3 Å². The third-order valence-electron chi connectivity index (χ3n) is 5.69. The number of hydrogen-bond acceptors (Lipinski definition) is 6. The van der Waals surface area contributed by atoms with Gasteiger partial charge in [-0.1, -0.05) is 39.0 Å². The van der Waals surface area contributed by atoms with E-state index >= 15 is 0 Å². The average molecular weight is 537 g/mol. The second-order valence-corrected chi connectivity index (χ2v) is 11.1. The van der Waals surface area contributed by atoms with Crippen molar-refractivity contribution in [3.8, 4) is 0 Å². The predicted molar refractivity (Wildman–Crippen MR) is 139 cm³/mol. The molecule has 2 aromatic carbocycles. The minimum Gasteiger partial charge on any atom is -0.354 e. The summed E-state index contributed by atoms with van der Waals surface area (Å²) in [6, 6.07) is 8.24. The molecule has 1 atom stereocenters. The van der Waals surface area contributed by atoms with Crippen molar-refractivity contribution >= 4 is 33.2 Å². The maximum atomic E-state index is 13.6. The van der Waals surface area contributed by atoms with Crippen LogP contribution in [0.4, 0.5) is 15.8 Å². The minimum atomic E-state index is -4.05. The van der Waals surface area contributed by atoms with Crippen LogP contribution >= 0.6 is 0 Å². The second kappa shape index (κ2) is 12.6. The number of nitro benzene ring substituents is 1.